The van der Waals surface area contributed by atoms with Crippen LogP contribution in [0.5, 0.6) is 0 Å². The topological polar surface area (TPSA) is 74.6 Å². The van der Waals surface area contributed by atoms with Crippen molar-refractivity contribution in [3.63, 3.8) is 0 Å². The summed E-state index contributed by atoms with van der Waals surface area (Å²) in [6.45, 7) is 0. The van der Waals surface area contributed by atoms with Crippen molar-refractivity contribution in [1.82, 2.24) is 0 Å². The van der Waals surface area contributed by atoms with Gasteiger partial charge in [0.1, 0.15) is 0 Å². The quantitative estimate of drug-likeness (QED) is 0.383. The van der Waals surface area contributed by atoms with Gasteiger partial charge in [-0.25, -0.2) is 0 Å². The molecule has 0 heterocycles. The molecule has 7 heavy (non-hydrogen) atoms. The Kier molecular flexibility index (Phi) is 13.5. The number of hydrogen-bond donors (Lipinski definition) is 2. The van der Waals surface area contributed by atoms with Gasteiger partial charge in [-0.15, -0.1) is 0 Å². The first-order valence-corrected chi connectivity index (χ1v) is 2.67. The van der Waals surface area contributed by atoms with Crippen LogP contribution in [0.2, 0.25) is 0 Å². The molecule has 0 bridgehead atoms. The molecule has 0 atom stereocenters. The van der Waals surface area contributed by atoms with E-state index in [1.54, 1.807) is 0 Å². The molecule has 0 spiro atoms. The molecule has 0 saturated carbocycles. The van der Waals surface area contributed by atoms with Crippen molar-refractivity contribution >= 4 is 52.6 Å². The molecule has 0 aliphatic heterocycles. The summed E-state index contributed by atoms with van der Waals surface area (Å²) in [5.41, 5.74) is 0. The second-order valence-corrected chi connectivity index (χ2v) is 1.71. The monoisotopic (exact) mass is 171 g/mol. The fraction of sp³-hybridized carbons (Fsp3) is 0. The van der Waals surface area contributed by atoms with Gasteiger partial charge in [0.2, 0.25) is 0 Å². The van der Waals surface area contributed by atoms with E-state index in [0.29, 0.717) is 0 Å². The summed E-state index contributed by atoms with van der Waals surface area (Å²) in [5.74, 6) is 0. The molecule has 0 radical (unpaired) electrons. The van der Waals surface area contributed by atoms with E-state index in [4.69, 9.17) is 16.0 Å². The molecule has 0 saturated heterocycles. The standard InChI is InChI=1S/Mg.Mn.Na.2H2O.2O.3H/h;;;2*1H2;;;;;/q;+2;;;;;;;;/p-2. The van der Waals surface area contributed by atoms with Crippen molar-refractivity contribution in [1.29, 1.82) is 0 Å². The van der Waals surface area contributed by atoms with Crippen LogP contribution in [-0.4, -0.2) is 61.0 Å². The van der Waals surface area contributed by atoms with E-state index in [9.17, 15) is 0 Å². The molecule has 39 valence electrons. The summed E-state index contributed by atoms with van der Waals surface area (Å²) in [6, 6.07) is 0. The first-order valence-electron chi connectivity index (χ1n) is 0.647. The Bertz CT molecular complexity index is 94.9. The molecule has 0 aromatic heterocycles. The number of hydrogen-bond acceptors (Lipinski definition) is 2. The predicted molar refractivity (Wildman–Crippen MR) is 21.5 cm³/mol. The van der Waals surface area contributed by atoms with E-state index in [0.717, 1.165) is 0 Å². The van der Waals surface area contributed by atoms with Gasteiger partial charge < -0.3 is 0 Å². The van der Waals surface area contributed by atoms with Gasteiger partial charge in [0.05, 0.1) is 0 Å². The first-order chi connectivity index (χ1) is 2.00. The van der Waals surface area contributed by atoms with Gasteiger partial charge in [-0.1, -0.05) is 0 Å². The predicted octanol–water partition coefficient (Wildman–Crippen LogP) is -2.92. The summed E-state index contributed by atoms with van der Waals surface area (Å²) in [4.78, 5) is 0. The maximum absolute atomic E-state index is 8.80. The summed E-state index contributed by atoms with van der Waals surface area (Å²) in [5, 5.41) is 0. The Balaban J connectivity index is -0.0000000800. The van der Waals surface area contributed by atoms with Gasteiger partial charge in [0.25, 0.3) is 0 Å². The Labute approximate surface area is 81.0 Å². The van der Waals surface area contributed by atoms with E-state index < -0.39 is 13.4 Å². The van der Waals surface area contributed by atoms with Crippen molar-refractivity contribution < 1.29 is 29.4 Å². The zero-order valence-corrected chi connectivity index (χ0v) is 3.27. The van der Waals surface area contributed by atoms with Crippen LogP contribution in [0.3, 0.4) is 0 Å². The van der Waals surface area contributed by atoms with Crippen LogP contribution in [0, 0.1) is 0 Å². The van der Waals surface area contributed by atoms with Crippen LogP contribution in [0.4, 0.5) is 0 Å². The van der Waals surface area contributed by atoms with E-state index in [2.05, 4.69) is 0 Å². The molecule has 0 aromatic rings. The van der Waals surface area contributed by atoms with Crippen molar-refractivity contribution in [3.05, 3.63) is 0 Å². The Hall–Kier alpha value is 1.81. The molecule has 0 fully saturated rings. The number of rotatable bonds is 0. The first kappa shape index (κ1) is 15.9. The molecule has 2 N–H and O–H groups in total. The summed E-state index contributed by atoms with van der Waals surface area (Å²) in [6.07, 6.45) is 0. The average Bonchev–Trinajstić information content (AvgIpc) is 0.722. The molecule has 0 rings (SSSR count). The second-order valence-electron chi connectivity index (χ2n) is 0.415. The Morgan fingerprint density at radius 2 is 1.14 bits per heavy atom. The SMILES string of the molecule is [MgH2].[NaH].[O]=[Mn](=[O])([OH])[OH]. The zero-order valence-electron chi connectivity index (χ0n) is 2.09. The third-order valence-corrected chi connectivity index (χ3v) is 0. The van der Waals surface area contributed by atoms with Crippen molar-refractivity contribution in [2.75, 3.05) is 0 Å². The third-order valence-electron chi connectivity index (χ3n) is 0. The van der Waals surface area contributed by atoms with Crippen LogP contribution < -0.4 is 0 Å². The van der Waals surface area contributed by atoms with Gasteiger partial charge in [-0.05, 0) is 0 Å². The van der Waals surface area contributed by atoms with Gasteiger partial charge in [0, 0.05) is 0 Å². The molecule has 0 amide bonds. The average molecular weight is 171 g/mol. The Morgan fingerprint density at radius 1 is 1.14 bits per heavy atom. The van der Waals surface area contributed by atoms with E-state index >= 15 is 0 Å². The van der Waals surface area contributed by atoms with E-state index in [1.807, 2.05) is 0 Å². The van der Waals surface area contributed by atoms with Crippen LogP contribution in [-0.2, 0) is 21.0 Å². The third kappa shape index (κ3) is 80.7. The second kappa shape index (κ2) is 5.93. The van der Waals surface area contributed by atoms with Crippen LogP contribution in [0.1, 0.15) is 0 Å². The van der Waals surface area contributed by atoms with Crippen molar-refractivity contribution in [2.45, 2.75) is 0 Å². The molecule has 0 unspecified atom stereocenters. The molecule has 0 aliphatic rings. The van der Waals surface area contributed by atoms with Crippen LogP contribution in [0.15, 0.2) is 0 Å². The summed E-state index contributed by atoms with van der Waals surface area (Å²) < 4.78 is 31.8. The van der Waals surface area contributed by atoms with E-state index in [1.165, 1.54) is 0 Å². The molecular weight excluding hydrogens is 166 g/mol. The van der Waals surface area contributed by atoms with Gasteiger partial charge in [-0.2, -0.15) is 0 Å². The fourth-order valence-electron chi connectivity index (χ4n) is 0. The minimum atomic E-state index is -5.12. The minimum absolute atomic E-state index is 0. The van der Waals surface area contributed by atoms with Crippen LogP contribution in [0.25, 0.3) is 0 Å². The zero-order chi connectivity index (χ0) is 4.50. The molecule has 0 aliphatic carbocycles. The van der Waals surface area contributed by atoms with Crippen molar-refractivity contribution in [2.24, 2.45) is 0 Å². The molecule has 0 aromatic carbocycles. The fourth-order valence-corrected chi connectivity index (χ4v) is 0. The summed E-state index contributed by atoms with van der Waals surface area (Å²) in [7, 11) is 0. The van der Waals surface area contributed by atoms with Crippen LogP contribution >= 0.6 is 0 Å². The van der Waals surface area contributed by atoms with Gasteiger partial charge >= 0.3 is 82.0 Å². The molecule has 4 nitrogen and oxygen atoms in total. The van der Waals surface area contributed by atoms with Gasteiger partial charge in [-0.3, -0.25) is 0 Å². The molecular formula is H5MgMnNaO4. The maximum atomic E-state index is 8.80. The van der Waals surface area contributed by atoms with E-state index in [-0.39, 0.29) is 52.6 Å². The van der Waals surface area contributed by atoms with Crippen molar-refractivity contribution in [3.8, 4) is 0 Å². The normalized spacial score (nSPS) is 8.29. The molecule has 7 heteroatoms. The Morgan fingerprint density at radius 3 is 1.14 bits per heavy atom. The summed E-state index contributed by atoms with van der Waals surface area (Å²) >= 11 is -5.12. The van der Waals surface area contributed by atoms with Gasteiger partial charge in [0.15, 0.2) is 0 Å².